The third kappa shape index (κ3) is 5.64. The van der Waals surface area contributed by atoms with Gasteiger partial charge in [-0.25, -0.2) is 8.78 Å². The second-order valence-corrected chi connectivity index (χ2v) is 9.76. The Hall–Kier alpha value is -3.54. The van der Waals surface area contributed by atoms with Crippen molar-refractivity contribution in [1.29, 1.82) is 0 Å². The van der Waals surface area contributed by atoms with Crippen LogP contribution in [0.15, 0.2) is 57.7 Å². The van der Waals surface area contributed by atoms with Gasteiger partial charge in [0.05, 0.1) is 0 Å². The molecule has 2 aromatic carbocycles. The first-order valence-corrected chi connectivity index (χ1v) is 12.5. The molecule has 2 aromatic rings. The third-order valence-electron chi connectivity index (χ3n) is 6.52. The van der Waals surface area contributed by atoms with Crippen LogP contribution >= 0.6 is 0 Å². The lowest BCUT2D eigenvalue weighted by Gasteiger charge is -2.16. The van der Waals surface area contributed by atoms with Gasteiger partial charge in [-0.1, -0.05) is 70.2 Å². The SMILES string of the molecule is CC(C)CCCCCCCC(=O)c1ccc(-c2c3cc(F)c(=O)cc-3oc3cc(O)c(F)cc23)cc1. The minimum atomic E-state index is -0.950. The molecule has 188 valence electrons. The van der Waals surface area contributed by atoms with Crippen LogP contribution in [0.25, 0.3) is 33.4 Å². The van der Waals surface area contributed by atoms with Gasteiger partial charge in [0.2, 0.25) is 5.43 Å². The first-order valence-electron chi connectivity index (χ1n) is 12.5. The molecule has 1 aliphatic heterocycles. The summed E-state index contributed by atoms with van der Waals surface area (Å²) in [5, 5.41) is 10.1. The number of hydrogen-bond acceptors (Lipinski definition) is 4. The number of halogens is 2. The number of phenolic OH excluding ortho intramolecular Hbond substituents is 1. The van der Waals surface area contributed by atoms with E-state index >= 15 is 0 Å². The summed E-state index contributed by atoms with van der Waals surface area (Å²) in [5.74, 6) is -1.50. The maximum Gasteiger partial charge on any atom is 0.217 e. The summed E-state index contributed by atoms with van der Waals surface area (Å²) >= 11 is 0. The topological polar surface area (TPSA) is 67.5 Å². The smallest absolute Gasteiger partial charge is 0.217 e. The molecule has 0 saturated heterocycles. The zero-order chi connectivity index (χ0) is 25.8. The molecule has 6 heteroatoms. The number of unbranched alkanes of at least 4 members (excludes halogenated alkanes) is 4. The first-order chi connectivity index (χ1) is 17.2. The number of benzene rings is 3. The average molecular weight is 493 g/mol. The van der Waals surface area contributed by atoms with Crippen LogP contribution in [0, 0.1) is 17.6 Å². The molecule has 0 bridgehead atoms. The number of fused-ring (bicyclic) bond motifs is 2. The molecular formula is C30H30F2O4. The fourth-order valence-electron chi connectivity index (χ4n) is 4.55. The minimum Gasteiger partial charge on any atom is -0.505 e. The van der Waals surface area contributed by atoms with E-state index in [1.54, 1.807) is 24.3 Å². The fourth-order valence-corrected chi connectivity index (χ4v) is 4.55. The summed E-state index contributed by atoms with van der Waals surface area (Å²) in [6.45, 7) is 4.46. The van der Waals surface area contributed by atoms with E-state index in [0.29, 0.717) is 34.1 Å². The van der Waals surface area contributed by atoms with Gasteiger partial charge < -0.3 is 9.52 Å². The van der Waals surface area contributed by atoms with Crippen LogP contribution in [-0.2, 0) is 0 Å². The number of Topliss-reactive ketones (excluding diaryl/α,β-unsaturated/α-hetero) is 1. The van der Waals surface area contributed by atoms with Crippen molar-refractivity contribution < 1.29 is 23.1 Å². The van der Waals surface area contributed by atoms with Crippen molar-refractivity contribution in [3.8, 4) is 28.2 Å². The van der Waals surface area contributed by atoms with E-state index in [9.17, 15) is 23.5 Å². The van der Waals surface area contributed by atoms with E-state index in [-0.39, 0.29) is 17.1 Å². The van der Waals surface area contributed by atoms with Crippen molar-refractivity contribution >= 4 is 16.8 Å². The van der Waals surface area contributed by atoms with Gasteiger partial charge in [0, 0.05) is 40.6 Å². The molecule has 4 nitrogen and oxygen atoms in total. The molecule has 1 aliphatic carbocycles. The van der Waals surface area contributed by atoms with Gasteiger partial charge in [-0.3, -0.25) is 9.59 Å². The van der Waals surface area contributed by atoms with Gasteiger partial charge in [-0.15, -0.1) is 0 Å². The molecule has 1 N–H and O–H groups in total. The predicted molar refractivity (Wildman–Crippen MR) is 138 cm³/mol. The highest BCUT2D eigenvalue weighted by atomic mass is 19.1. The van der Waals surface area contributed by atoms with Crippen LogP contribution in [0.2, 0.25) is 0 Å². The molecule has 4 rings (SSSR count). The number of carbonyl (C=O) groups excluding carboxylic acids is 1. The Morgan fingerprint density at radius 2 is 1.61 bits per heavy atom. The van der Waals surface area contributed by atoms with Crippen molar-refractivity contribution in [1.82, 2.24) is 0 Å². The van der Waals surface area contributed by atoms with Crippen molar-refractivity contribution in [2.24, 2.45) is 5.92 Å². The van der Waals surface area contributed by atoms with Crippen LogP contribution in [0.4, 0.5) is 8.78 Å². The standard InChI is InChI=1S/C30H30F2O4/c1-18(2)8-6-4-3-5-7-9-25(33)19-10-12-20(13-11-19)30-21-14-23(31)26(34)16-28(21)36-29-17-27(35)24(32)15-22(29)30/h10-18,34H,3-9H2,1-2H3. The molecule has 0 unspecified atom stereocenters. The van der Waals surface area contributed by atoms with Gasteiger partial charge >= 0.3 is 0 Å². The summed E-state index contributed by atoms with van der Waals surface area (Å²) in [6.07, 6.45) is 7.14. The summed E-state index contributed by atoms with van der Waals surface area (Å²) < 4.78 is 34.1. The zero-order valence-corrected chi connectivity index (χ0v) is 20.6. The van der Waals surface area contributed by atoms with Crippen molar-refractivity contribution in [2.45, 2.75) is 58.8 Å². The molecule has 2 aliphatic rings. The minimum absolute atomic E-state index is 0.0551. The Bertz CT molecular complexity index is 1400. The molecule has 0 fully saturated rings. The van der Waals surface area contributed by atoms with E-state index in [2.05, 4.69) is 13.8 Å². The van der Waals surface area contributed by atoms with Gasteiger partial charge in [-0.05, 0) is 30.0 Å². The number of ketones is 1. The molecule has 0 saturated carbocycles. The zero-order valence-electron chi connectivity index (χ0n) is 20.6. The van der Waals surface area contributed by atoms with Crippen LogP contribution < -0.4 is 5.43 Å². The van der Waals surface area contributed by atoms with Gasteiger partial charge in [0.25, 0.3) is 0 Å². The largest absolute Gasteiger partial charge is 0.505 e. The Morgan fingerprint density at radius 3 is 2.33 bits per heavy atom. The van der Waals surface area contributed by atoms with Gasteiger partial charge in [0.1, 0.15) is 11.3 Å². The van der Waals surface area contributed by atoms with E-state index in [0.717, 1.165) is 49.4 Å². The number of carbonyl (C=O) groups is 1. The Morgan fingerprint density at radius 1 is 0.917 bits per heavy atom. The molecule has 0 spiro atoms. The lowest BCUT2D eigenvalue weighted by atomic mass is 9.92. The van der Waals surface area contributed by atoms with E-state index in [4.69, 9.17) is 4.42 Å². The average Bonchev–Trinajstić information content (AvgIpc) is 2.84. The third-order valence-corrected chi connectivity index (χ3v) is 6.52. The lowest BCUT2D eigenvalue weighted by Crippen LogP contribution is -2.06. The maximum absolute atomic E-state index is 14.2. The lowest BCUT2D eigenvalue weighted by molar-refractivity contribution is 0.0979. The van der Waals surface area contributed by atoms with E-state index in [1.165, 1.54) is 19.3 Å². The summed E-state index contributed by atoms with van der Waals surface area (Å²) in [4.78, 5) is 24.5. The second kappa shape index (κ2) is 11.0. The Balaban J connectivity index is 1.58. The van der Waals surface area contributed by atoms with Gasteiger partial charge in [-0.2, -0.15) is 0 Å². The highest BCUT2D eigenvalue weighted by molar-refractivity contribution is 6.03. The summed E-state index contributed by atoms with van der Waals surface area (Å²) in [6, 6.07) is 11.2. The molecular weight excluding hydrogens is 462 g/mol. The summed E-state index contributed by atoms with van der Waals surface area (Å²) in [5.41, 5.74) is 1.24. The molecule has 0 aromatic heterocycles. The first kappa shape index (κ1) is 25.5. The summed E-state index contributed by atoms with van der Waals surface area (Å²) in [7, 11) is 0. The number of aromatic hydroxyl groups is 1. The highest BCUT2D eigenvalue weighted by Crippen LogP contribution is 2.41. The second-order valence-electron chi connectivity index (χ2n) is 9.76. The van der Waals surface area contributed by atoms with Crippen LogP contribution in [0.1, 0.15) is 69.2 Å². The van der Waals surface area contributed by atoms with Crippen LogP contribution in [-0.4, -0.2) is 10.9 Å². The van der Waals surface area contributed by atoms with Crippen molar-refractivity contribution in [3.63, 3.8) is 0 Å². The molecule has 1 heterocycles. The van der Waals surface area contributed by atoms with E-state index in [1.807, 2.05) is 0 Å². The van der Waals surface area contributed by atoms with Gasteiger partial charge in [0.15, 0.2) is 23.2 Å². The molecule has 0 amide bonds. The quantitative estimate of drug-likeness (QED) is 0.138. The molecule has 0 radical (unpaired) electrons. The Kier molecular flexibility index (Phi) is 7.82. The van der Waals surface area contributed by atoms with Crippen LogP contribution in [0.3, 0.4) is 0 Å². The molecule has 0 atom stereocenters. The Labute approximate surface area is 208 Å². The van der Waals surface area contributed by atoms with Crippen molar-refractivity contribution in [2.75, 3.05) is 0 Å². The number of rotatable bonds is 10. The fraction of sp³-hybridized carbons (Fsp3) is 0.333. The number of hydrogen-bond donors (Lipinski definition) is 1. The maximum atomic E-state index is 14.2. The van der Waals surface area contributed by atoms with E-state index < -0.39 is 22.8 Å². The number of phenols is 1. The van der Waals surface area contributed by atoms with Crippen LogP contribution in [0.5, 0.6) is 5.75 Å². The normalized spacial score (nSPS) is 11.6. The molecule has 36 heavy (non-hydrogen) atoms. The van der Waals surface area contributed by atoms with Crippen molar-refractivity contribution in [3.05, 3.63) is 76.0 Å². The predicted octanol–water partition coefficient (Wildman–Crippen LogP) is 8.12. The highest BCUT2D eigenvalue weighted by Gasteiger charge is 2.21. The monoisotopic (exact) mass is 492 g/mol.